The molecule has 0 aromatic heterocycles. The molecule has 0 spiro atoms. The fourth-order valence-electron chi connectivity index (χ4n) is 1.55. The van der Waals surface area contributed by atoms with Crippen LogP contribution in [0, 0.1) is 17.2 Å². The van der Waals surface area contributed by atoms with Gasteiger partial charge in [-0.3, -0.25) is 0 Å². The van der Waals surface area contributed by atoms with Crippen LogP contribution in [0.3, 0.4) is 0 Å². The van der Waals surface area contributed by atoms with Crippen molar-refractivity contribution >= 4 is 9.84 Å². The Kier molecular flexibility index (Phi) is 4.67. The largest absolute Gasteiger partial charge is 0.330 e. The molecule has 0 radical (unpaired) electrons. The van der Waals surface area contributed by atoms with Crippen LogP contribution in [0.5, 0.6) is 0 Å². The standard InChI is InChI=1S/C12H16N2O2S/c1-10(6-13)8-17(15,16)9-12-4-2-3-11(5-12)7-14/h2-5,10H,6,8-9,13H2,1H3. The van der Waals surface area contributed by atoms with E-state index in [9.17, 15) is 8.42 Å². The third-order valence-electron chi connectivity index (χ3n) is 2.38. The van der Waals surface area contributed by atoms with E-state index in [0.717, 1.165) is 0 Å². The predicted molar refractivity (Wildman–Crippen MR) is 66.9 cm³/mol. The van der Waals surface area contributed by atoms with Gasteiger partial charge >= 0.3 is 0 Å². The van der Waals surface area contributed by atoms with Gasteiger partial charge in [0.05, 0.1) is 23.1 Å². The van der Waals surface area contributed by atoms with E-state index in [4.69, 9.17) is 11.0 Å². The molecule has 0 aliphatic rings. The van der Waals surface area contributed by atoms with Crippen molar-refractivity contribution in [1.29, 1.82) is 5.26 Å². The van der Waals surface area contributed by atoms with E-state index in [2.05, 4.69) is 0 Å². The lowest BCUT2D eigenvalue weighted by Gasteiger charge is -2.09. The van der Waals surface area contributed by atoms with E-state index < -0.39 is 9.84 Å². The first-order chi connectivity index (χ1) is 7.96. The number of benzene rings is 1. The minimum atomic E-state index is -3.16. The Bertz CT molecular complexity index is 518. The van der Waals surface area contributed by atoms with E-state index in [1.54, 1.807) is 24.3 Å². The van der Waals surface area contributed by atoms with Crippen molar-refractivity contribution < 1.29 is 8.42 Å². The minimum absolute atomic E-state index is 0.0349. The maximum Gasteiger partial charge on any atom is 0.154 e. The van der Waals surface area contributed by atoms with Gasteiger partial charge < -0.3 is 5.73 Å². The summed E-state index contributed by atoms with van der Waals surface area (Å²) in [6, 6.07) is 8.65. The number of hydrogen-bond acceptors (Lipinski definition) is 4. The average Bonchev–Trinajstić information content (AvgIpc) is 2.27. The second-order valence-corrected chi connectivity index (χ2v) is 6.32. The molecule has 0 bridgehead atoms. The molecule has 1 unspecified atom stereocenters. The van der Waals surface area contributed by atoms with Gasteiger partial charge in [-0.2, -0.15) is 5.26 Å². The number of nitrogens with zero attached hydrogens (tertiary/aromatic N) is 1. The van der Waals surface area contributed by atoms with Gasteiger partial charge in [-0.1, -0.05) is 19.1 Å². The molecule has 2 N–H and O–H groups in total. The van der Waals surface area contributed by atoms with Gasteiger partial charge in [0.1, 0.15) is 0 Å². The number of hydrogen-bond donors (Lipinski definition) is 1. The fourth-order valence-corrected chi connectivity index (χ4v) is 3.35. The lowest BCUT2D eigenvalue weighted by Crippen LogP contribution is -2.22. The van der Waals surface area contributed by atoms with E-state index in [1.807, 2.05) is 13.0 Å². The summed E-state index contributed by atoms with van der Waals surface area (Å²) in [6.45, 7) is 2.17. The summed E-state index contributed by atoms with van der Waals surface area (Å²) < 4.78 is 23.7. The average molecular weight is 252 g/mol. The second kappa shape index (κ2) is 5.80. The Morgan fingerprint density at radius 2 is 2.18 bits per heavy atom. The van der Waals surface area contributed by atoms with Crippen molar-refractivity contribution in [2.45, 2.75) is 12.7 Å². The first-order valence-corrected chi connectivity index (χ1v) is 7.18. The Hall–Kier alpha value is -1.38. The highest BCUT2D eigenvalue weighted by atomic mass is 32.2. The van der Waals surface area contributed by atoms with Gasteiger partial charge in [0, 0.05) is 0 Å². The predicted octanol–water partition coefficient (Wildman–Crippen LogP) is 1.07. The summed E-state index contributed by atoms with van der Waals surface area (Å²) in [6.07, 6.45) is 0. The molecule has 1 rings (SSSR count). The molecule has 0 aliphatic heterocycles. The molecule has 1 atom stereocenters. The van der Waals surface area contributed by atoms with Gasteiger partial charge in [0.15, 0.2) is 9.84 Å². The molecule has 4 nitrogen and oxygen atoms in total. The van der Waals surface area contributed by atoms with Crippen LogP contribution in [0.1, 0.15) is 18.1 Å². The van der Waals surface area contributed by atoms with E-state index in [-0.39, 0.29) is 17.4 Å². The number of nitriles is 1. The second-order valence-electron chi connectivity index (χ2n) is 4.21. The molecule has 0 aliphatic carbocycles. The van der Waals surface area contributed by atoms with Crippen molar-refractivity contribution in [3.05, 3.63) is 35.4 Å². The topological polar surface area (TPSA) is 84.0 Å². The molecular formula is C12H16N2O2S. The first kappa shape index (κ1) is 13.7. The SMILES string of the molecule is CC(CN)CS(=O)(=O)Cc1cccc(C#N)c1. The normalized spacial score (nSPS) is 13.0. The molecule has 17 heavy (non-hydrogen) atoms. The van der Waals surface area contributed by atoms with Gasteiger partial charge in [0.2, 0.25) is 0 Å². The maximum atomic E-state index is 11.8. The first-order valence-electron chi connectivity index (χ1n) is 5.36. The van der Waals surface area contributed by atoms with Crippen LogP contribution < -0.4 is 5.73 Å². The van der Waals surface area contributed by atoms with Crippen LogP contribution in [-0.4, -0.2) is 20.7 Å². The summed E-state index contributed by atoms with van der Waals surface area (Å²) >= 11 is 0. The lowest BCUT2D eigenvalue weighted by atomic mass is 10.2. The van der Waals surface area contributed by atoms with Crippen LogP contribution in [0.25, 0.3) is 0 Å². The smallest absolute Gasteiger partial charge is 0.154 e. The third kappa shape index (κ3) is 4.55. The molecule has 1 aromatic carbocycles. The van der Waals surface area contributed by atoms with Gasteiger partial charge in [-0.05, 0) is 30.2 Å². The summed E-state index contributed by atoms with van der Waals surface area (Å²) in [5, 5.41) is 8.73. The zero-order chi connectivity index (χ0) is 12.9. The van der Waals surface area contributed by atoms with Crippen molar-refractivity contribution in [2.75, 3.05) is 12.3 Å². The molecule has 0 saturated heterocycles. The Morgan fingerprint density at radius 3 is 2.76 bits per heavy atom. The Labute approximate surface area is 102 Å². The Balaban J connectivity index is 2.80. The Morgan fingerprint density at radius 1 is 1.47 bits per heavy atom. The summed E-state index contributed by atoms with van der Waals surface area (Å²) in [5.74, 6) is 0.00630. The van der Waals surface area contributed by atoms with E-state index >= 15 is 0 Å². The van der Waals surface area contributed by atoms with Crippen LogP contribution in [-0.2, 0) is 15.6 Å². The van der Waals surface area contributed by atoms with Gasteiger partial charge in [-0.25, -0.2) is 8.42 Å². The van der Waals surface area contributed by atoms with Crippen molar-refractivity contribution in [3.8, 4) is 6.07 Å². The lowest BCUT2D eigenvalue weighted by molar-refractivity contribution is 0.573. The van der Waals surface area contributed by atoms with Crippen LogP contribution in [0.15, 0.2) is 24.3 Å². The van der Waals surface area contributed by atoms with Gasteiger partial charge in [-0.15, -0.1) is 0 Å². The van der Waals surface area contributed by atoms with Gasteiger partial charge in [0.25, 0.3) is 0 Å². The highest BCUT2D eigenvalue weighted by molar-refractivity contribution is 7.90. The number of sulfone groups is 1. The number of nitrogens with two attached hydrogens (primary N) is 1. The quantitative estimate of drug-likeness (QED) is 0.849. The van der Waals surface area contributed by atoms with Crippen molar-refractivity contribution in [1.82, 2.24) is 0 Å². The van der Waals surface area contributed by atoms with E-state index in [0.29, 0.717) is 17.7 Å². The molecule has 0 heterocycles. The maximum absolute atomic E-state index is 11.8. The highest BCUT2D eigenvalue weighted by Crippen LogP contribution is 2.11. The molecule has 1 aromatic rings. The molecule has 92 valence electrons. The molecule has 0 fully saturated rings. The molecular weight excluding hydrogens is 236 g/mol. The van der Waals surface area contributed by atoms with Crippen molar-refractivity contribution in [3.63, 3.8) is 0 Å². The minimum Gasteiger partial charge on any atom is -0.330 e. The summed E-state index contributed by atoms with van der Waals surface area (Å²) in [7, 11) is -3.16. The monoisotopic (exact) mass is 252 g/mol. The van der Waals surface area contributed by atoms with Crippen LogP contribution in [0.2, 0.25) is 0 Å². The summed E-state index contributed by atoms with van der Waals surface area (Å²) in [5.41, 5.74) is 6.53. The van der Waals surface area contributed by atoms with Crippen LogP contribution >= 0.6 is 0 Å². The fraction of sp³-hybridized carbons (Fsp3) is 0.417. The van der Waals surface area contributed by atoms with E-state index in [1.165, 1.54) is 0 Å². The van der Waals surface area contributed by atoms with Crippen molar-refractivity contribution in [2.24, 2.45) is 11.7 Å². The number of rotatable bonds is 5. The van der Waals surface area contributed by atoms with Crippen LogP contribution in [0.4, 0.5) is 0 Å². The molecule has 0 amide bonds. The molecule has 5 heteroatoms. The zero-order valence-corrected chi connectivity index (χ0v) is 10.6. The summed E-state index contributed by atoms with van der Waals surface area (Å²) in [4.78, 5) is 0. The molecule has 0 saturated carbocycles. The zero-order valence-electron chi connectivity index (χ0n) is 9.76. The highest BCUT2D eigenvalue weighted by Gasteiger charge is 2.15. The third-order valence-corrected chi connectivity index (χ3v) is 4.23.